The molecule has 1 aliphatic heterocycles. The molecule has 2 heterocycles. The smallest absolute Gasteiger partial charge is 0.235 e. The van der Waals surface area contributed by atoms with Crippen LogP contribution in [0.15, 0.2) is 65.8 Å². The number of piperazine rings is 1. The van der Waals surface area contributed by atoms with Crippen molar-refractivity contribution in [3.05, 3.63) is 77.6 Å². The maximum absolute atomic E-state index is 13.2. The molecule has 1 aliphatic carbocycles. The molecule has 2 aliphatic rings. The molecule has 1 atom stereocenters. The van der Waals surface area contributed by atoms with Crippen LogP contribution in [0.2, 0.25) is 0 Å². The third kappa shape index (κ3) is 5.47. The van der Waals surface area contributed by atoms with Gasteiger partial charge in [-0.15, -0.1) is 10.2 Å². The fourth-order valence-electron chi connectivity index (χ4n) is 4.38. The lowest BCUT2D eigenvalue weighted by molar-refractivity contribution is -0.132. The second kappa shape index (κ2) is 10.1. The van der Waals surface area contributed by atoms with Gasteiger partial charge in [0.05, 0.1) is 11.8 Å². The zero-order valence-electron chi connectivity index (χ0n) is 19.1. The Morgan fingerprint density at radius 1 is 0.909 bits per heavy atom. The molecule has 0 unspecified atom stereocenters. The molecule has 1 amide bonds. The average molecular weight is 462 g/mol. The zero-order valence-corrected chi connectivity index (χ0v) is 20.0. The first kappa shape index (κ1) is 22.2. The summed E-state index contributed by atoms with van der Waals surface area (Å²) in [4.78, 5) is 17.7. The molecular weight excluding hydrogens is 430 g/mol. The van der Waals surface area contributed by atoms with Crippen LogP contribution < -0.4 is 0 Å². The average Bonchev–Trinajstić information content (AvgIpc) is 3.63. The molecule has 0 spiro atoms. The highest BCUT2D eigenvalue weighted by atomic mass is 32.2. The van der Waals surface area contributed by atoms with Gasteiger partial charge in [-0.2, -0.15) is 0 Å². The first-order chi connectivity index (χ1) is 16.2. The number of thioether (sulfide) groups is 1. The molecule has 1 saturated carbocycles. The molecule has 7 heteroatoms. The van der Waals surface area contributed by atoms with E-state index in [0.717, 1.165) is 50.2 Å². The summed E-state index contributed by atoms with van der Waals surface area (Å²) in [6.07, 6.45) is 2.36. The highest BCUT2D eigenvalue weighted by molar-refractivity contribution is 8.00. The van der Waals surface area contributed by atoms with Crippen LogP contribution in [0.25, 0.3) is 0 Å². The Labute approximate surface area is 200 Å². The van der Waals surface area contributed by atoms with E-state index < -0.39 is 0 Å². The monoisotopic (exact) mass is 461 g/mol. The Balaban J connectivity index is 1.20. The van der Waals surface area contributed by atoms with Crippen LogP contribution in [0.5, 0.6) is 0 Å². The van der Waals surface area contributed by atoms with Crippen molar-refractivity contribution < 1.29 is 4.79 Å². The van der Waals surface area contributed by atoms with E-state index in [2.05, 4.69) is 68.2 Å². The fourth-order valence-corrected chi connectivity index (χ4v) is 5.32. The van der Waals surface area contributed by atoms with Crippen molar-refractivity contribution >= 4 is 17.7 Å². The molecule has 0 N–H and O–H groups in total. The number of aromatic nitrogens is 3. The number of benzene rings is 2. The summed E-state index contributed by atoms with van der Waals surface area (Å²) in [7, 11) is 0. The van der Waals surface area contributed by atoms with E-state index in [1.54, 1.807) is 11.8 Å². The van der Waals surface area contributed by atoms with Gasteiger partial charge in [-0.05, 0) is 30.9 Å². The maximum atomic E-state index is 13.2. The lowest BCUT2D eigenvalue weighted by atomic mass is 10.2. The first-order valence-corrected chi connectivity index (χ1v) is 12.7. The Morgan fingerprint density at radius 2 is 1.52 bits per heavy atom. The Bertz CT molecular complexity index is 1060. The molecule has 5 rings (SSSR count). The normalized spacial score (nSPS) is 17.8. The topological polar surface area (TPSA) is 54.3 Å². The number of hydrogen-bond acceptors (Lipinski definition) is 5. The molecule has 6 nitrogen and oxygen atoms in total. The summed E-state index contributed by atoms with van der Waals surface area (Å²) in [5.41, 5.74) is 2.56. The minimum atomic E-state index is -0.184. The van der Waals surface area contributed by atoms with E-state index in [1.807, 2.05) is 24.0 Å². The van der Waals surface area contributed by atoms with Crippen molar-refractivity contribution in [2.24, 2.45) is 0 Å². The van der Waals surface area contributed by atoms with Gasteiger partial charge < -0.3 is 9.47 Å². The van der Waals surface area contributed by atoms with Crippen LogP contribution >= 0.6 is 11.8 Å². The third-order valence-corrected chi connectivity index (χ3v) is 7.50. The van der Waals surface area contributed by atoms with Crippen molar-refractivity contribution in [3.63, 3.8) is 0 Å². The largest absolute Gasteiger partial charge is 0.339 e. The lowest BCUT2D eigenvalue weighted by Crippen LogP contribution is -2.50. The second-order valence-electron chi connectivity index (χ2n) is 9.03. The SMILES string of the molecule is C[C@H](Sc1nnc(C2CC2)n1Cc1ccccc1)C(=O)N1CCN(Cc2ccccc2)CC1. The third-order valence-electron chi connectivity index (χ3n) is 6.43. The van der Waals surface area contributed by atoms with Crippen molar-refractivity contribution in [2.45, 2.75) is 49.2 Å². The van der Waals surface area contributed by atoms with E-state index in [-0.39, 0.29) is 11.2 Å². The molecule has 0 bridgehead atoms. The summed E-state index contributed by atoms with van der Waals surface area (Å²) in [6.45, 7) is 7.08. The summed E-state index contributed by atoms with van der Waals surface area (Å²) >= 11 is 1.55. The van der Waals surface area contributed by atoms with Gasteiger partial charge in [0.1, 0.15) is 5.82 Å². The molecule has 2 fully saturated rings. The van der Waals surface area contributed by atoms with Gasteiger partial charge in [0.15, 0.2) is 5.16 Å². The number of rotatable bonds is 8. The van der Waals surface area contributed by atoms with Crippen molar-refractivity contribution in [1.82, 2.24) is 24.6 Å². The predicted octanol–water partition coefficient (Wildman–Crippen LogP) is 4.03. The van der Waals surface area contributed by atoms with E-state index in [1.165, 1.54) is 24.0 Å². The predicted molar refractivity (Wildman–Crippen MR) is 131 cm³/mol. The summed E-state index contributed by atoms with van der Waals surface area (Å²) < 4.78 is 2.22. The number of nitrogens with zero attached hydrogens (tertiary/aromatic N) is 5. The summed E-state index contributed by atoms with van der Waals surface area (Å²) in [5, 5.41) is 9.67. The molecule has 1 aromatic heterocycles. The Hall–Kier alpha value is -2.64. The molecule has 172 valence electrons. The fraction of sp³-hybridized carbons (Fsp3) is 0.423. The van der Waals surface area contributed by atoms with Crippen molar-refractivity contribution in [1.29, 1.82) is 0 Å². The van der Waals surface area contributed by atoms with Crippen molar-refractivity contribution in [2.75, 3.05) is 26.2 Å². The molecule has 3 aromatic rings. The minimum absolute atomic E-state index is 0.184. The molecular formula is C26H31N5OS. The molecule has 0 radical (unpaired) electrons. The van der Waals surface area contributed by atoms with Crippen LogP contribution in [-0.4, -0.2) is 61.9 Å². The Kier molecular flexibility index (Phi) is 6.78. The summed E-state index contributed by atoms with van der Waals surface area (Å²) in [6, 6.07) is 21.0. The second-order valence-corrected chi connectivity index (χ2v) is 10.3. The highest BCUT2D eigenvalue weighted by Crippen LogP contribution is 2.40. The van der Waals surface area contributed by atoms with E-state index in [4.69, 9.17) is 0 Å². The van der Waals surface area contributed by atoms with Crippen LogP contribution in [0, 0.1) is 0 Å². The first-order valence-electron chi connectivity index (χ1n) is 11.9. The van der Waals surface area contributed by atoms with Crippen LogP contribution in [0.3, 0.4) is 0 Å². The van der Waals surface area contributed by atoms with E-state index in [9.17, 15) is 4.79 Å². The standard InChI is InChI=1S/C26H31N5OS/c1-20(25(32)30-16-14-29(15-17-30)18-21-8-4-2-5-9-21)33-26-28-27-24(23-12-13-23)31(26)19-22-10-6-3-7-11-22/h2-11,20,23H,12-19H2,1H3/t20-/m0/s1. The number of amides is 1. The van der Waals surface area contributed by atoms with E-state index in [0.29, 0.717) is 5.92 Å². The van der Waals surface area contributed by atoms with Gasteiger partial charge in [-0.25, -0.2) is 0 Å². The van der Waals surface area contributed by atoms with Crippen LogP contribution in [-0.2, 0) is 17.9 Å². The van der Waals surface area contributed by atoms with Crippen molar-refractivity contribution in [3.8, 4) is 0 Å². The Morgan fingerprint density at radius 3 is 2.12 bits per heavy atom. The quantitative estimate of drug-likeness (QED) is 0.474. The van der Waals surface area contributed by atoms with E-state index >= 15 is 0 Å². The maximum Gasteiger partial charge on any atom is 0.235 e. The minimum Gasteiger partial charge on any atom is -0.339 e. The van der Waals surface area contributed by atoms with Gasteiger partial charge in [-0.3, -0.25) is 9.69 Å². The van der Waals surface area contributed by atoms with Gasteiger partial charge in [0.25, 0.3) is 0 Å². The van der Waals surface area contributed by atoms with Gasteiger partial charge in [0, 0.05) is 38.6 Å². The van der Waals surface area contributed by atoms with Crippen LogP contribution in [0.4, 0.5) is 0 Å². The van der Waals surface area contributed by atoms with Gasteiger partial charge in [0.2, 0.25) is 5.91 Å². The highest BCUT2D eigenvalue weighted by Gasteiger charge is 2.32. The zero-order chi connectivity index (χ0) is 22.6. The molecule has 2 aromatic carbocycles. The number of hydrogen-bond donors (Lipinski definition) is 0. The van der Waals surface area contributed by atoms with Crippen LogP contribution in [0.1, 0.15) is 42.6 Å². The molecule has 1 saturated heterocycles. The summed E-state index contributed by atoms with van der Waals surface area (Å²) in [5.74, 6) is 1.77. The molecule has 33 heavy (non-hydrogen) atoms. The number of carbonyl (C=O) groups excluding carboxylic acids is 1. The van der Waals surface area contributed by atoms with Gasteiger partial charge >= 0.3 is 0 Å². The van der Waals surface area contributed by atoms with Gasteiger partial charge in [-0.1, -0.05) is 72.4 Å². The number of carbonyl (C=O) groups is 1. The lowest BCUT2D eigenvalue weighted by Gasteiger charge is -2.35.